The first kappa shape index (κ1) is 25.8. The van der Waals surface area contributed by atoms with Gasteiger partial charge in [0.25, 0.3) is 5.91 Å². The van der Waals surface area contributed by atoms with Gasteiger partial charge in [0, 0.05) is 44.2 Å². The lowest BCUT2D eigenvalue weighted by atomic mass is 9.88. The van der Waals surface area contributed by atoms with Crippen LogP contribution in [0.4, 0.5) is 8.78 Å². The summed E-state index contributed by atoms with van der Waals surface area (Å²) in [6, 6.07) is 20.6. The Balaban J connectivity index is 1.60. The molecule has 0 bridgehead atoms. The molecule has 3 aromatic rings. The summed E-state index contributed by atoms with van der Waals surface area (Å²) in [5.74, 6) is 0.768. The molecule has 0 N–H and O–H groups in total. The van der Waals surface area contributed by atoms with Crippen molar-refractivity contribution in [3.05, 3.63) is 101 Å². The number of ether oxygens (including phenoxy) is 1. The third-order valence-electron chi connectivity index (χ3n) is 6.75. The predicted molar refractivity (Wildman–Crippen MR) is 138 cm³/mol. The average Bonchev–Trinajstić information content (AvgIpc) is 3.25. The second-order valence-electron chi connectivity index (χ2n) is 10.1. The fourth-order valence-electron chi connectivity index (χ4n) is 5.16. The molecule has 0 aromatic heterocycles. The van der Waals surface area contributed by atoms with Gasteiger partial charge in [-0.3, -0.25) is 9.69 Å². The van der Waals surface area contributed by atoms with Gasteiger partial charge < -0.3 is 9.64 Å². The number of amides is 1. The number of carbonyl (C=O) groups excluding carboxylic acids is 1. The number of halogens is 2. The summed E-state index contributed by atoms with van der Waals surface area (Å²) in [5.41, 5.74) is 2.59. The number of likely N-dealkylation sites (tertiary alicyclic amines) is 1. The first-order valence-electron chi connectivity index (χ1n) is 12.5. The minimum atomic E-state index is -0.358. The molecule has 3 aromatic carbocycles. The van der Waals surface area contributed by atoms with Crippen molar-refractivity contribution in [3.63, 3.8) is 0 Å². The van der Waals surface area contributed by atoms with E-state index >= 15 is 0 Å². The predicted octanol–water partition coefficient (Wildman–Crippen LogP) is 5.99. The molecule has 0 aliphatic carbocycles. The van der Waals surface area contributed by atoms with Crippen molar-refractivity contribution in [1.29, 1.82) is 0 Å². The largest absolute Gasteiger partial charge is 0.497 e. The summed E-state index contributed by atoms with van der Waals surface area (Å²) in [6.45, 7) is 7.60. The number of benzene rings is 3. The molecule has 1 heterocycles. The van der Waals surface area contributed by atoms with E-state index < -0.39 is 0 Å². The number of rotatable bonds is 9. The van der Waals surface area contributed by atoms with E-state index in [-0.39, 0.29) is 35.3 Å². The standard InChI is InChI=1S/C30H34F2N2O2/c1-21(2)16-34(30(35)23-10-12-26(31)13-11-23)19-25-18-33(17-22-6-4-8-27(32)14-22)20-29(25)24-7-5-9-28(15-24)36-3/h4-15,21,25,29H,16-20H2,1-3H3/t25-,29-/m0/s1. The molecule has 36 heavy (non-hydrogen) atoms. The van der Waals surface area contributed by atoms with Crippen molar-refractivity contribution >= 4 is 5.91 Å². The number of methoxy groups -OCH3 is 1. The normalized spacial score (nSPS) is 17.9. The van der Waals surface area contributed by atoms with Crippen molar-refractivity contribution in [2.75, 3.05) is 33.3 Å². The summed E-state index contributed by atoms with van der Waals surface area (Å²) in [6.07, 6.45) is 0. The SMILES string of the molecule is COc1cccc([C@@H]2CN(Cc3cccc(F)c3)C[C@H]2CN(CC(C)C)C(=O)c2ccc(F)cc2)c1. The van der Waals surface area contributed by atoms with Crippen LogP contribution < -0.4 is 4.74 Å². The monoisotopic (exact) mass is 492 g/mol. The van der Waals surface area contributed by atoms with Crippen LogP contribution in [0, 0.1) is 23.5 Å². The summed E-state index contributed by atoms with van der Waals surface area (Å²) >= 11 is 0. The zero-order valence-corrected chi connectivity index (χ0v) is 21.2. The molecule has 6 heteroatoms. The number of hydrogen-bond donors (Lipinski definition) is 0. The first-order valence-corrected chi connectivity index (χ1v) is 12.5. The average molecular weight is 493 g/mol. The lowest BCUT2D eigenvalue weighted by Crippen LogP contribution is -2.39. The second-order valence-corrected chi connectivity index (χ2v) is 10.1. The molecule has 0 spiro atoms. The number of nitrogens with zero attached hydrogens (tertiary/aromatic N) is 2. The first-order chi connectivity index (χ1) is 17.3. The molecule has 1 aliphatic rings. The Morgan fingerprint density at radius 2 is 1.75 bits per heavy atom. The Kier molecular flexibility index (Phi) is 8.36. The fraction of sp³-hybridized carbons (Fsp3) is 0.367. The molecule has 2 atom stereocenters. The van der Waals surface area contributed by atoms with E-state index in [1.165, 1.54) is 23.8 Å². The lowest BCUT2D eigenvalue weighted by molar-refractivity contribution is 0.0703. The van der Waals surface area contributed by atoms with E-state index in [9.17, 15) is 13.6 Å². The summed E-state index contributed by atoms with van der Waals surface area (Å²) in [5, 5.41) is 0. The van der Waals surface area contributed by atoms with Crippen LogP contribution in [0.25, 0.3) is 0 Å². The van der Waals surface area contributed by atoms with Crippen LogP contribution in [0.1, 0.15) is 41.3 Å². The highest BCUT2D eigenvalue weighted by Crippen LogP contribution is 2.36. The quantitative estimate of drug-likeness (QED) is 0.368. The van der Waals surface area contributed by atoms with Gasteiger partial charge in [0.15, 0.2) is 0 Å². The molecular weight excluding hydrogens is 458 g/mol. The van der Waals surface area contributed by atoms with Gasteiger partial charge in [-0.15, -0.1) is 0 Å². The second kappa shape index (κ2) is 11.7. The molecule has 1 aliphatic heterocycles. The third-order valence-corrected chi connectivity index (χ3v) is 6.75. The summed E-state index contributed by atoms with van der Waals surface area (Å²) in [4.78, 5) is 17.7. The van der Waals surface area contributed by atoms with Crippen LogP contribution >= 0.6 is 0 Å². The van der Waals surface area contributed by atoms with Gasteiger partial charge in [0.2, 0.25) is 0 Å². The van der Waals surface area contributed by atoms with Crippen molar-refractivity contribution in [3.8, 4) is 5.75 Å². The minimum Gasteiger partial charge on any atom is -0.497 e. The van der Waals surface area contributed by atoms with Gasteiger partial charge in [-0.05, 0) is 71.5 Å². The molecular formula is C30H34F2N2O2. The van der Waals surface area contributed by atoms with Crippen LogP contribution in [0.15, 0.2) is 72.8 Å². The van der Waals surface area contributed by atoms with Crippen molar-refractivity contribution in [2.45, 2.75) is 26.3 Å². The molecule has 0 saturated carbocycles. The van der Waals surface area contributed by atoms with E-state index in [0.717, 1.165) is 24.4 Å². The van der Waals surface area contributed by atoms with Crippen molar-refractivity contribution in [1.82, 2.24) is 9.80 Å². The maximum atomic E-state index is 13.8. The smallest absolute Gasteiger partial charge is 0.253 e. The van der Waals surface area contributed by atoms with Gasteiger partial charge in [-0.2, -0.15) is 0 Å². The maximum absolute atomic E-state index is 13.8. The van der Waals surface area contributed by atoms with Crippen LogP contribution in [0.5, 0.6) is 5.75 Å². The Morgan fingerprint density at radius 3 is 2.44 bits per heavy atom. The summed E-state index contributed by atoms with van der Waals surface area (Å²) in [7, 11) is 1.66. The van der Waals surface area contributed by atoms with Gasteiger partial charge in [-0.1, -0.05) is 38.1 Å². The van der Waals surface area contributed by atoms with Crippen molar-refractivity contribution in [2.24, 2.45) is 11.8 Å². The third kappa shape index (κ3) is 6.49. The molecule has 0 radical (unpaired) electrons. The lowest BCUT2D eigenvalue weighted by Gasteiger charge is -2.30. The van der Waals surface area contributed by atoms with E-state index in [1.54, 1.807) is 31.4 Å². The van der Waals surface area contributed by atoms with Crippen LogP contribution in [-0.4, -0.2) is 49.0 Å². The molecule has 1 fully saturated rings. The van der Waals surface area contributed by atoms with Crippen LogP contribution in [-0.2, 0) is 6.54 Å². The molecule has 190 valence electrons. The van der Waals surface area contributed by atoms with Crippen LogP contribution in [0.2, 0.25) is 0 Å². The van der Waals surface area contributed by atoms with Gasteiger partial charge >= 0.3 is 0 Å². The Bertz CT molecular complexity index is 1170. The zero-order chi connectivity index (χ0) is 25.7. The van der Waals surface area contributed by atoms with Gasteiger partial charge in [0.1, 0.15) is 17.4 Å². The maximum Gasteiger partial charge on any atom is 0.253 e. The molecule has 4 nitrogen and oxygen atoms in total. The van der Waals surface area contributed by atoms with Gasteiger partial charge in [-0.25, -0.2) is 8.78 Å². The minimum absolute atomic E-state index is 0.0864. The Hall–Kier alpha value is -3.25. The fourth-order valence-corrected chi connectivity index (χ4v) is 5.16. The highest BCUT2D eigenvalue weighted by molar-refractivity contribution is 5.94. The van der Waals surface area contributed by atoms with E-state index in [2.05, 4.69) is 30.9 Å². The van der Waals surface area contributed by atoms with Gasteiger partial charge in [0.05, 0.1) is 7.11 Å². The van der Waals surface area contributed by atoms with E-state index in [0.29, 0.717) is 25.2 Å². The Morgan fingerprint density at radius 1 is 1.00 bits per heavy atom. The van der Waals surface area contributed by atoms with Crippen molar-refractivity contribution < 1.29 is 18.3 Å². The highest BCUT2D eigenvalue weighted by atomic mass is 19.1. The topological polar surface area (TPSA) is 32.8 Å². The highest BCUT2D eigenvalue weighted by Gasteiger charge is 2.36. The zero-order valence-electron chi connectivity index (χ0n) is 21.2. The van der Waals surface area contributed by atoms with E-state index in [4.69, 9.17) is 4.74 Å². The molecule has 1 amide bonds. The molecule has 4 rings (SSSR count). The summed E-state index contributed by atoms with van der Waals surface area (Å²) < 4.78 is 32.8. The van der Waals surface area contributed by atoms with Crippen LogP contribution in [0.3, 0.4) is 0 Å². The van der Waals surface area contributed by atoms with E-state index in [1.807, 2.05) is 23.1 Å². The molecule has 1 saturated heterocycles. The number of carbonyl (C=O) groups is 1. The number of hydrogen-bond acceptors (Lipinski definition) is 3. The Labute approximate surface area is 212 Å². The molecule has 0 unspecified atom stereocenters.